The van der Waals surface area contributed by atoms with Gasteiger partial charge in [-0.1, -0.05) is 103 Å². The molecule has 0 N–H and O–H groups in total. The van der Waals surface area contributed by atoms with Crippen molar-refractivity contribution in [1.82, 2.24) is 4.57 Å². The van der Waals surface area contributed by atoms with E-state index in [2.05, 4.69) is 163 Å². The maximum absolute atomic E-state index is 2.37. The third-order valence-electron chi connectivity index (χ3n) is 7.22. The van der Waals surface area contributed by atoms with Crippen molar-refractivity contribution < 1.29 is 0 Å². The number of nitrogens with zero attached hydrogens (tertiary/aromatic N) is 1. The summed E-state index contributed by atoms with van der Waals surface area (Å²) in [6.07, 6.45) is 2.37. The van der Waals surface area contributed by atoms with Crippen LogP contribution in [-0.2, 0) is 7.05 Å². The molecule has 1 atom stereocenters. The van der Waals surface area contributed by atoms with E-state index in [1.807, 2.05) is 0 Å². The minimum atomic E-state index is -2.21. The fourth-order valence-electron chi connectivity index (χ4n) is 5.72. The standard InChI is InChI=1S/C34H29NP/c1-35-26-32(31-24-14-15-25-33(31)35)34(27-16-6-2-7-17-27)36(28-18-8-3-9-19-28,29-20-10-4-11-21-29)30-22-12-5-13-23-30/h2-26,34H,1H3/q+1. The van der Waals surface area contributed by atoms with Gasteiger partial charge in [0.1, 0.15) is 28.8 Å². The molecule has 36 heavy (non-hydrogen) atoms. The fourth-order valence-corrected chi connectivity index (χ4v) is 10.7. The third kappa shape index (κ3) is 3.68. The van der Waals surface area contributed by atoms with Crippen molar-refractivity contribution in [2.24, 2.45) is 7.05 Å². The fraction of sp³-hybridized carbons (Fsp3) is 0.0588. The Labute approximate surface area is 214 Å². The first-order chi connectivity index (χ1) is 17.8. The molecule has 0 aliphatic rings. The van der Waals surface area contributed by atoms with Crippen LogP contribution in [-0.4, -0.2) is 4.57 Å². The first kappa shape index (κ1) is 22.5. The van der Waals surface area contributed by atoms with Crippen molar-refractivity contribution in [3.05, 3.63) is 163 Å². The molecule has 1 heterocycles. The summed E-state index contributed by atoms with van der Waals surface area (Å²) in [5.41, 5.74) is 4.14. The minimum Gasteiger partial charge on any atom is -0.350 e. The number of aryl methyl sites for hydroxylation is 1. The van der Waals surface area contributed by atoms with E-state index in [0.717, 1.165) is 0 Å². The summed E-state index contributed by atoms with van der Waals surface area (Å²) in [5, 5.41) is 5.50. The molecular formula is C34H29NP+. The second-order valence-electron chi connectivity index (χ2n) is 9.26. The van der Waals surface area contributed by atoms with Gasteiger partial charge in [0.25, 0.3) is 0 Å². The Balaban J connectivity index is 1.81. The molecule has 1 nitrogen and oxygen atoms in total. The molecule has 0 bridgehead atoms. The zero-order chi connectivity index (χ0) is 24.4. The van der Waals surface area contributed by atoms with Gasteiger partial charge in [0.15, 0.2) is 0 Å². The van der Waals surface area contributed by atoms with E-state index < -0.39 is 7.26 Å². The number of benzene rings is 5. The lowest BCUT2D eigenvalue weighted by atomic mass is 10.0. The SMILES string of the molecule is Cn1cc(C(c2ccccc2)[P+](c2ccccc2)(c2ccccc2)c2ccccc2)c2ccccc21. The Hall–Kier alpha value is -3.93. The van der Waals surface area contributed by atoms with Gasteiger partial charge < -0.3 is 4.57 Å². The summed E-state index contributed by atoms with van der Waals surface area (Å²) in [7, 11) is -0.0433. The van der Waals surface area contributed by atoms with E-state index in [0.29, 0.717) is 0 Å². The van der Waals surface area contributed by atoms with E-state index in [1.165, 1.54) is 37.9 Å². The lowest BCUT2D eigenvalue weighted by Crippen LogP contribution is -2.35. The van der Waals surface area contributed by atoms with Crippen molar-refractivity contribution in [3.8, 4) is 0 Å². The molecular weight excluding hydrogens is 453 g/mol. The van der Waals surface area contributed by atoms with Crippen LogP contribution < -0.4 is 15.9 Å². The van der Waals surface area contributed by atoms with Crippen LogP contribution in [0.1, 0.15) is 16.8 Å². The molecule has 174 valence electrons. The van der Waals surface area contributed by atoms with Crippen LogP contribution in [0.2, 0.25) is 0 Å². The predicted octanol–water partition coefficient (Wildman–Crippen LogP) is 7.26. The number of para-hydroxylation sites is 1. The Morgan fingerprint density at radius 1 is 0.500 bits per heavy atom. The maximum Gasteiger partial charge on any atom is 0.136 e. The van der Waals surface area contributed by atoms with E-state index >= 15 is 0 Å². The first-order valence-electron chi connectivity index (χ1n) is 12.4. The summed E-state index contributed by atoms with van der Waals surface area (Å²) < 4.78 is 2.29. The molecule has 0 aliphatic carbocycles. The second kappa shape index (κ2) is 9.61. The number of hydrogen-bond donors (Lipinski definition) is 0. The molecule has 1 aromatic heterocycles. The molecule has 0 amide bonds. The Morgan fingerprint density at radius 3 is 1.42 bits per heavy atom. The van der Waals surface area contributed by atoms with E-state index in [-0.39, 0.29) is 5.66 Å². The van der Waals surface area contributed by atoms with Gasteiger partial charge in [-0.05, 0) is 48.0 Å². The Morgan fingerprint density at radius 2 is 0.917 bits per heavy atom. The highest BCUT2D eigenvalue weighted by atomic mass is 31.2. The zero-order valence-electron chi connectivity index (χ0n) is 20.4. The molecule has 5 aromatic carbocycles. The predicted molar refractivity (Wildman–Crippen MR) is 156 cm³/mol. The molecule has 1 unspecified atom stereocenters. The average Bonchev–Trinajstić information content (AvgIpc) is 3.29. The van der Waals surface area contributed by atoms with Crippen molar-refractivity contribution in [2.75, 3.05) is 0 Å². The van der Waals surface area contributed by atoms with Crippen LogP contribution in [0.5, 0.6) is 0 Å². The number of hydrogen-bond acceptors (Lipinski definition) is 0. The monoisotopic (exact) mass is 482 g/mol. The van der Waals surface area contributed by atoms with Gasteiger partial charge >= 0.3 is 0 Å². The van der Waals surface area contributed by atoms with Crippen molar-refractivity contribution in [2.45, 2.75) is 5.66 Å². The van der Waals surface area contributed by atoms with Crippen LogP contribution in [0.3, 0.4) is 0 Å². The molecule has 0 radical (unpaired) electrons. The van der Waals surface area contributed by atoms with E-state index in [1.54, 1.807) is 0 Å². The van der Waals surface area contributed by atoms with Crippen molar-refractivity contribution in [1.29, 1.82) is 0 Å². The van der Waals surface area contributed by atoms with Crippen molar-refractivity contribution >= 4 is 34.1 Å². The third-order valence-corrected chi connectivity index (χ3v) is 11.9. The topological polar surface area (TPSA) is 4.93 Å². The summed E-state index contributed by atoms with van der Waals surface area (Å²) in [5.74, 6) is 0. The van der Waals surface area contributed by atoms with Gasteiger partial charge in [-0.25, -0.2) is 0 Å². The highest BCUT2D eigenvalue weighted by Crippen LogP contribution is 2.69. The lowest BCUT2D eigenvalue weighted by Gasteiger charge is -2.35. The van der Waals surface area contributed by atoms with Gasteiger partial charge in [0.05, 0.1) is 0 Å². The first-order valence-corrected chi connectivity index (χ1v) is 14.3. The normalized spacial score (nSPS) is 12.5. The Bertz CT molecular complexity index is 1480. The largest absolute Gasteiger partial charge is 0.350 e. The van der Waals surface area contributed by atoms with Crippen LogP contribution >= 0.6 is 7.26 Å². The summed E-state index contributed by atoms with van der Waals surface area (Å²) in [6.45, 7) is 0. The smallest absolute Gasteiger partial charge is 0.136 e. The molecule has 0 aliphatic heterocycles. The average molecular weight is 483 g/mol. The van der Waals surface area contributed by atoms with Crippen molar-refractivity contribution in [3.63, 3.8) is 0 Å². The number of fused-ring (bicyclic) bond motifs is 1. The Kier molecular flexibility index (Phi) is 6.01. The van der Waals surface area contributed by atoms with Gasteiger partial charge in [0, 0.05) is 29.7 Å². The van der Waals surface area contributed by atoms with Crippen LogP contribution in [0, 0.1) is 0 Å². The van der Waals surface area contributed by atoms with Gasteiger partial charge in [-0.15, -0.1) is 0 Å². The van der Waals surface area contributed by atoms with Crippen LogP contribution in [0.15, 0.2) is 152 Å². The highest BCUT2D eigenvalue weighted by Gasteiger charge is 2.54. The van der Waals surface area contributed by atoms with Crippen LogP contribution in [0.4, 0.5) is 0 Å². The number of rotatable bonds is 6. The molecule has 0 saturated heterocycles. The molecule has 2 heteroatoms. The zero-order valence-corrected chi connectivity index (χ0v) is 21.3. The molecule has 6 aromatic rings. The van der Waals surface area contributed by atoms with Crippen LogP contribution in [0.25, 0.3) is 10.9 Å². The number of aromatic nitrogens is 1. The van der Waals surface area contributed by atoms with Gasteiger partial charge in [-0.3, -0.25) is 0 Å². The molecule has 6 rings (SSSR count). The summed E-state index contributed by atoms with van der Waals surface area (Å²) in [4.78, 5) is 0. The highest BCUT2D eigenvalue weighted by molar-refractivity contribution is 7.96. The molecule has 0 saturated carbocycles. The van der Waals surface area contributed by atoms with Gasteiger partial charge in [0.2, 0.25) is 0 Å². The molecule has 0 fully saturated rings. The quantitative estimate of drug-likeness (QED) is 0.220. The van der Waals surface area contributed by atoms with E-state index in [9.17, 15) is 0 Å². The minimum absolute atomic E-state index is 0.150. The van der Waals surface area contributed by atoms with E-state index in [4.69, 9.17) is 0 Å². The molecule has 0 spiro atoms. The van der Waals surface area contributed by atoms with Gasteiger partial charge in [-0.2, -0.15) is 0 Å². The maximum atomic E-state index is 2.37. The second-order valence-corrected chi connectivity index (χ2v) is 12.8. The summed E-state index contributed by atoms with van der Waals surface area (Å²) >= 11 is 0. The summed E-state index contributed by atoms with van der Waals surface area (Å²) in [6, 6.07) is 53.6. The lowest BCUT2D eigenvalue weighted by molar-refractivity contribution is 0.954.